The van der Waals surface area contributed by atoms with Gasteiger partial charge in [0.2, 0.25) is 5.91 Å². The molecular formula is C82H155NO10. The first-order valence-corrected chi connectivity index (χ1v) is 40.8. The van der Waals surface area contributed by atoms with Crippen molar-refractivity contribution in [2.24, 2.45) is 0 Å². The van der Waals surface area contributed by atoms with E-state index in [2.05, 4.69) is 50.4 Å². The number of unbranched alkanes of at least 4 members (excludes halogenated alkanes) is 54. The van der Waals surface area contributed by atoms with Gasteiger partial charge in [-0.1, -0.05) is 385 Å². The Hall–Kier alpha value is -2.12. The molecular weight excluding hydrogens is 1160 g/mol. The van der Waals surface area contributed by atoms with Gasteiger partial charge in [-0.2, -0.15) is 0 Å². The van der Waals surface area contributed by atoms with Gasteiger partial charge in [0.1, 0.15) is 24.4 Å². The van der Waals surface area contributed by atoms with Crippen molar-refractivity contribution in [3.05, 3.63) is 36.5 Å². The molecule has 1 amide bonds. The second-order valence-electron chi connectivity index (χ2n) is 28.5. The van der Waals surface area contributed by atoms with Gasteiger partial charge in [-0.25, -0.2) is 0 Å². The molecule has 0 saturated carbocycles. The molecule has 8 unspecified atom stereocenters. The molecule has 548 valence electrons. The van der Waals surface area contributed by atoms with Gasteiger partial charge in [0.25, 0.3) is 0 Å². The Labute approximate surface area is 574 Å². The zero-order valence-electron chi connectivity index (χ0n) is 61.4. The van der Waals surface area contributed by atoms with E-state index in [4.69, 9.17) is 14.2 Å². The fraction of sp³-hybridized carbons (Fsp3) is 0.902. The van der Waals surface area contributed by atoms with Crippen LogP contribution < -0.4 is 5.32 Å². The Morgan fingerprint density at radius 1 is 0.419 bits per heavy atom. The van der Waals surface area contributed by atoms with Gasteiger partial charge in [-0.05, 0) is 57.8 Å². The number of hydrogen-bond donors (Lipinski definition) is 6. The largest absolute Gasteiger partial charge is 0.454 e. The molecule has 93 heavy (non-hydrogen) atoms. The first-order chi connectivity index (χ1) is 45.7. The van der Waals surface area contributed by atoms with E-state index in [-0.39, 0.29) is 13.0 Å². The van der Waals surface area contributed by atoms with Gasteiger partial charge >= 0.3 is 5.97 Å². The van der Waals surface area contributed by atoms with Crippen LogP contribution in [-0.4, -0.2) is 99.6 Å². The Morgan fingerprint density at radius 2 is 0.742 bits per heavy atom. The Bertz CT molecular complexity index is 1660. The van der Waals surface area contributed by atoms with Crippen LogP contribution >= 0.6 is 0 Å². The van der Waals surface area contributed by atoms with Crippen LogP contribution in [-0.2, 0) is 23.8 Å². The number of hydrogen-bond acceptors (Lipinski definition) is 10. The highest BCUT2D eigenvalue weighted by Gasteiger charge is 2.47. The van der Waals surface area contributed by atoms with E-state index in [0.29, 0.717) is 19.3 Å². The Kier molecular flexibility index (Phi) is 66.7. The molecule has 0 aromatic rings. The molecule has 6 N–H and O–H groups in total. The van der Waals surface area contributed by atoms with Crippen molar-refractivity contribution < 1.29 is 49.3 Å². The number of allylic oxidation sites excluding steroid dienone is 5. The standard InChI is InChI=1S/C82H155NO10/c1-4-7-10-13-16-19-22-25-27-29-31-33-35-37-38-39-41-43-45-47-49-52-55-58-61-64-67-70-77(87)93-80-79(89)78(88)76(71-84)92-82(80)91-72-73(74(85)68-65-62-59-56-53-50-24-21-18-15-12-9-6-3)83-81(90)75(86)69-66-63-60-57-54-51-48-46-44-42-40-36-34-32-30-28-26-23-20-17-14-11-8-5-2/h16,19,25,27,65,68,73-76,78-80,82,84-86,88-89H,4-15,17-18,20-24,26,28-64,66-67,69-72H2,1-3H3,(H,83,90)/b19-16-,27-25-,68-65+. The first-order valence-electron chi connectivity index (χ1n) is 40.8. The number of carbonyl (C=O) groups is 2. The van der Waals surface area contributed by atoms with Gasteiger partial charge in [0.05, 0.1) is 25.4 Å². The van der Waals surface area contributed by atoms with Crippen LogP contribution in [0.4, 0.5) is 0 Å². The third-order valence-electron chi connectivity index (χ3n) is 19.5. The van der Waals surface area contributed by atoms with E-state index in [1.165, 1.54) is 302 Å². The number of rotatable bonds is 72. The molecule has 11 heteroatoms. The molecule has 1 fully saturated rings. The normalized spacial score (nSPS) is 18.0. The smallest absolute Gasteiger partial charge is 0.306 e. The molecule has 0 aliphatic carbocycles. The minimum absolute atomic E-state index is 0.128. The number of carbonyl (C=O) groups excluding carboxylic acids is 2. The monoisotopic (exact) mass is 1310 g/mol. The summed E-state index contributed by atoms with van der Waals surface area (Å²) in [5.74, 6) is -1.17. The summed E-state index contributed by atoms with van der Waals surface area (Å²) in [6.07, 6.45) is 77.8. The topological polar surface area (TPSA) is 175 Å². The van der Waals surface area contributed by atoms with Gasteiger partial charge in [-0.3, -0.25) is 9.59 Å². The molecule has 1 rings (SSSR count). The number of aliphatic hydroxyl groups excluding tert-OH is 5. The molecule has 1 saturated heterocycles. The highest BCUT2D eigenvalue weighted by Crippen LogP contribution is 2.27. The quantitative estimate of drug-likeness (QED) is 0.0195. The number of aliphatic hydroxyl groups is 5. The van der Waals surface area contributed by atoms with Crippen LogP contribution in [0, 0.1) is 0 Å². The predicted octanol–water partition coefficient (Wildman–Crippen LogP) is 22.1. The summed E-state index contributed by atoms with van der Waals surface area (Å²) in [4.78, 5) is 26.8. The highest BCUT2D eigenvalue weighted by atomic mass is 16.7. The summed E-state index contributed by atoms with van der Waals surface area (Å²) < 4.78 is 17.8. The van der Waals surface area contributed by atoms with Gasteiger partial charge in [0.15, 0.2) is 12.4 Å². The molecule has 1 aliphatic heterocycles. The Morgan fingerprint density at radius 3 is 1.12 bits per heavy atom. The van der Waals surface area contributed by atoms with Gasteiger partial charge < -0.3 is 45.1 Å². The fourth-order valence-corrected chi connectivity index (χ4v) is 13.2. The third-order valence-corrected chi connectivity index (χ3v) is 19.5. The van der Waals surface area contributed by atoms with Crippen molar-refractivity contribution in [3.63, 3.8) is 0 Å². The summed E-state index contributed by atoms with van der Waals surface area (Å²) in [7, 11) is 0. The second kappa shape index (κ2) is 69.8. The van der Waals surface area contributed by atoms with E-state index in [1.54, 1.807) is 6.08 Å². The van der Waals surface area contributed by atoms with Crippen molar-refractivity contribution in [1.29, 1.82) is 0 Å². The minimum atomic E-state index is -1.61. The fourth-order valence-electron chi connectivity index (χ4n) is 13.2. The Balaban J connectivity index is 2.48. The average molecular weight is 1320 g/mol. The summed E-state index contributed by atoms with van der Waals surface area (Å²) >= 11 is 0. The lowest BCUT2D eigenvalue weighted by atomic mass is 9.99. The van der Waals surface area contributed by atoms with Crippen LogP contribution in [0.5, 0.6) is 0 Å². The molecule has 0 spiro atoms. The maximum absolute atomic E-state index is 13.5. The van der Waals surface area contributed by atoms with Crippen molar-refractivity contribution in [1.82, 2.24) is 5.32 Å². The molecule has 1 heterocycles. The molecule has 8 atom stereocenters. The summed E-state index contributed by atoms with van der Waals surface area (Å²) in [5.41, 5.74) is 0. The van der Waals surface area contributed by atoms with Crippen LogP contribution in [0.1, 0.15) is 412 Å². The lowest BCUT2D eigenvalue weighted by molar-refractivity contribution is -0.305. The maximum atomic E-state index is 13.5. The molecule has 0 aromatic carbocycles. The second-order valence-corrected chi connectivity index (χ2v) is 28.5. The maximum Gasteiger partial charge on any atom is 0.306 e. The molecule has 1 aliphatic rings. The summed E-state index contributed by atoms with van der Waals surface area (Å²) in [6.45, 7) is 5.85. The zero-order valence-corrected chi connectivity index (χ0v) is 61.4. The summed E-state index contributed by atoms with van der Waals surface area (Å²) in [5, 5.41) is 57.5. The van der Waals surface area contributed by atoms with Crippen LogP contribution in [0.15, 0.2) is 36.5 Å². The molecule has 0 radical (unpaired) electrons. The SMILES string of the molecule is CCCCC/C=C\C/C=C\CCCCCCCCCCCCCCCCCCCC(=O)OC1C(OCC(NC(=O)C(O)CCCCCCCCCCCCCCCCCCCCCCCCCC)C(O)/C=C/CCCCCCCCCCCCC)OC(CO)C(O)C1O. The van der Waals surface area contributed by atoms with Crippen LogP contribution in [0.25, 0.3) is 0 Å². The lowest BCUT2D eigenvalue weighted by Gasteiger charge is -2.41. The number of amides is 1. The van der Waals surface area contributed by atoms with Gasteiger partial charge in [0, 0.05) is 6.42 Å². The van der Waals surface area contributed by atoms with E-state index < -0.39 is 67.4 Å². The lowest BCUT2D eigenvalue weighted by Crippen LogP contribution is -2.61. The number of nitrogens with one attached hydrogen (secondary N) is 1. The summed E-state index contributed by atoms with van der Waals surface area (Å²) in [6, 6.07) is -1.02. The van der Waals surface area contributed by atoms with Crippen LogP contribution in [0.3, 0.4) is 0 Å². The number of esters is 1. The average Bonchev–Trinajstić information content (AvgIpc) is 0.844. The van der Waals surface area contributed by atoms with Crippen molar-refractivity contribution >= 4 is 11.9 Å². The highest BCUT2D eigenvalue weighted by molar-refractivity contribution is 5.80. The molecule has 0 aromatic heterocycles. The molecule has 0 bridgehead atoms. The van der Waals surface area contributed by atoms with E-state index in [0.717, 1.165) is 64.2 Å². The zero-order chi connectivity index (χ0) is 67.4. The van der Waals surface area contributed by atoms with Crippen molar-refractivity contribution in [2.75, 3.05) is 13.2 Å². The predicted molar refractivity (Wildman–Crippen MR) is 394 cm³/mol. The van der Waals surface area contributed by atoms with Crippen molar-refractivity contribution in [3.8, 4) is 0 Å². The van der Waals surface area contributed by atoms with E-state index >= 15 is 0 Å². The first kappa shape index (κ1) is 88.9. The minimum Gasteiger partial charge on any atom is -0.454 e. The van der Waals surface area contributed by atoms with Crippen LogP contribution in [0.2, 0.25) is 0 Å². The van der Waals surface area contributed by atoms with E-state index in [1.807, 2.05) is 6.08 Å². The van der Waals surface area contributed by atoms with E-state index in [9.17, 15) is 35.1 Å². The molecule has 11 nitrogen and oxygen atoms in total. The van der Waals surface area contributed by atoms with Gasteiger partial charge in [-0.15, -0.1) is 0 Å². The third kappa shape index (κ3) is 56.5. The van der Waals surface area contributed by atoms with Crippen molar-refractivity contribution in [2.45, 2.75) is 461 Å². The number of ether oxygens (including phenoxy) is 3.